The minimum atomic E-state index is 0.143. The van der Waals surface area contributed by atoms with E-state index < -0.39 is 0 Å². The molecule has 50 heavy (non-hydrogen) atoms. The van der Waals surface area contributed by atoms with Crippen LogP contribution in [0.1, 0.15) is 88.5 Å². The molecular weight excluding hydrogens is 623 g/mol. The van der Waals surface area contributed by atoms with E-state index in [2.05, 4.69) is 148 Å². The van der Waals surface area contributed by atoms with Gasteiger partial charge in [0.05, 0.1) is 0 Å². The maximum atomic E-state index is 2.62. The average Bonchev–Trinajstić information content (AvgIpc) is 3.66. The summed E-state index contributed by atoms with van der Waals surface area (Å²) in [5.41, 5.74) is 13.9. The van der Waals surface area contributed by atoms with Crippen LogP contribution in [0.15, 0.2) is 125 Å². The van der Waals surface area contributed by atoms with Crippen molar-refractivity contribution in [1.82, 2.24) is 0 Å². The molecular formula is C48H47NS. The first kappa shape index (κ1) is 29.9. The third-order valence-electron chi connectivity index (χ3n) is 15.0. The van der Waals surface area contributed by atoms with Crippen molar-refractivity contribution in [3.63, 3.8) is 0 Å². The molecule has 0 amide bonds. The van der Waals surface area contributed by atoms with Gasteiger partial charge < -0.3 is 4.90 Å². The molecule has 11 rings (SSSR count). The molecule has 6 unspecified atom stereocenters. The number of benzene rings is 5. The van der Waals surface area contributed by atoms with Crippen LogP contribution in [0.25, 0.3) is 11.1 Å². The average molecular weight is 670 g/mol. The summed E-state index contributed by atoms with van der Waals surface area (Å²) in [4.78, 5) is 5.49. The van der Waals surface area contributed by atoms with Gasteiger partial charge in [-0.25, -0.2) is 0 Å². The predicted molar refractivity (Wildman–Crippen MR) is 208 cm³/mol. The Hall–Kier alpha value is -3.75. The third kappa shape index (κ3) is 3.72. The molecule has 0 N–H and O–H groups in total. The van der Waals surface area contributed by atoms with Gasteiger partial charge in [-0.3, -0.25) is 0 Å². The van der Waals surface area contributed by atoms with Crippen LogP contribution >= 0.6 is 11.8 Å². The standard InChI is InChI=1S/C48H47NS/c1-45(2)21-22-46(3,4)39-27-35(16-18-37(39)45)49(34-13-9-6-10-14-34)36-17-19-38-42(28-36)50-41-20-15-32(31-11-7-5-8-12-31)25-40(41)48(38)43-24-30-23-33-26-44(48)47(33,43)29-30/h5-20,25,27-28,30,33,43-44H,21-24,26,29H2,1-4H3. The molecule has 250 valence electrons. The maximum Gasteiger partial charge on any atom is 0.0473 e. The van der Waals surface area contributed by atoms with E-state index in [0.717, 1.165) is 23.7 Å². The van der Waals surface area contributed by atoms with Gasteiger partial charge in [-0.15, -0.1) is 0 Å². The Morgan fingerprint density at radius 3 is 1.98 bits per heavy atom. The van der Waals surface area contributed by atoms with E-state index in [1.165, 1.54) is 87.6 Å². The Labute approximate surface area is 302 Å². The van der Waals surface area contributed by atoms with Crippen LogP contribution < -0.4 is 4.90 Å². The number of fused-ring (bicyclic) bond motifs is 8. The maximum absolute atomic E-state index is 2.62. The minimum absolute atomic E-state index is 0.143. The summed E-state index contributed by atoms with van der Waals surface area (Å²) >= 11 is 2.03. The molecule has 0 saturated heterocycles. The van der Waals surface area contributed by atoms with Crippen molar-refractivity contribution in [1.29, 1.82) is 0 Å². The molecule has 2 spiro atoms. The van der Waals surface area contributed by atoms with Gasteiger partial charge in [0.1, 0.15) is 0 Å². The number of hydrogen-bond donors (Lipinski definition) is 0. The van der Waals surface area contributed by atoms with Gasteiger partial charge in [-0.2, -0.15) is 0 Å². The van der Waals surface area contributed by atoms with E-state index in [-0.39, 0.29) is 16.2 Å². The van der Waals surface area contributed by atoms with Gasteiger partial charge in [0.15, 0.2) is 0 Å². The van der Waals surface area contributed by atoms with Gasteiger partial charge >= 0.3 is 0 Å². The first-order valence-electron chi connectivity index (χ1n) is 19.2. The highest BCUT2D eigenvalue weighted by Gasteiger charge is 2.84. The van der Waals surface area contributed by atoms with E-state index in [4.69, 9.17) is 0 Å². The fourth-order valence-corrected chi connectivity index (χ4v) is 14.0. The van der Waals surface area contributed by atoms with Gasteiger partial charge in [0.25, 0.3) is 0 Å². The molecule has 5 aliphatic carbocycles. The van der Waals surface area contributed by atoms with Crippen molar-refractivity contribution in [2.24, 2.45) is 29.1 Å². The van der Waals surface area contributed by atoms with Gasteiger partial charge in [-0.05, 0) is 160 Å². The lowest BCUT2D eigenvalue weighted by atomic mass is 9.26. The lowest BCUT2D eigenvalue weighted by Crippen LogP contribution is -2.74. The lowest BCUT2D eigenvalue weighted by molar-refractivity contribution is -0.235. The molecule has 5 aromatic carbocycles. The molecule has 5 aromatic rings. The summed E-state index contributed by atoms with van der Waals surface area (Å²) in [7, 11) is 0. The van der Waals surface area contributed by atoms with Crippen molar-refractivity contribution in [3.8, 4) is 11.1 Å². The SMILES string of the molecule is CC1(C)CCC(C)(C)c2cc(N(c3ccccc3)c3ccc4c(c3)Sc3ccc(-c5ccccc5)cc3C43C4CC5CC6CC3C64C5)ccc21. The Bertz CT molecular complexity index is 2200. The Morgan fingerprint density at radius 1 is 0.540 bits per heavy atom. The van der Waals surface area contributed by atoms with Crippen LogP contribution in [-0.4, -0.2) is 0 Å². The van der Waals surface area contributed by atoms with E-state index in [9.17, 15) is 0 Å². The van der Waals surface area contributed by atoms with Gasteiger partial charge in [0.2, 0.25) is 0 Å². The Kier molecular flexibility index (Phi) is 5.97. The molecule has 6 atom stereocenters. The van der Waals surface area contributed by atoms with Crippen molar-refractivity contribution in [3.05, 3.63) is 138 Å². The zero-order valence-corrected chi connectivity index (χ0v) is 30.7. The molecule has 2 bridgehead atoms. The minimum Gasteiger partial charge on any atom is -0.310 e. The van der Waals surface area contributed by atoms with Gasteiger partial charge in [-0.1, -0.05) is 106 Å². The quantitative estimate of drug-likeness (QED) is 0.187. The van der Waals surface area contributed by atoms with Crippen LogP contribution in [0.4, 0.5) is 17.1 Å². The van der Waals surface area contributed by atoms with Crippen molar-refractivity contribution in [2.45, 2.75) is 92.3 Å². The molecule has 4 fully saturated rings. The second-order valence-electron chi connectivity index (χ2n) is 18.1. The topological polar surface area (TPSA) is 3.24 Å². The number of anilines is 3. The first-order chi connectivity index (χ1) is 24.2. The van der Waals surface area contributed by atoms with Gasteiger partial charge in [0, 0.05) is 32.3 Å². The largest absolute Gasteiger partial charge is 0.310 e. The van der Waals surface area contributed by atoms with Crippen molar-refractivity contribution < 1.29 is 0 Å². The molecule has 2 heteroatoms. The highest BCUT2D eigenvalue weighted by atomic mass is 32.2. The summed E-state index contributed by atoms with van der Waals surface area (Å²) < 4.78 is 0. The molecule has 4 saturated carbocycles. The summed E-state index contributed by atoms with van der Waals surface area (Å²) in [6, 6.07) is 44.6. The zero-order chi connectivity index (χ0) is 33.6. The molecule has 0 aromatic heterocycles. The van der Waals surface area contributed by atoms with Crippen molar-refractivity contribution in [2.75, 3.05) is 4.90 Å². The zero-order valence-electron chi connectivity index (χ0n) is 29.9. The van der Waals surface area contributed by atoms with E-state index in [0.29, 0.717) is 5.41 Å². The normalized spacial score (nSPS) is 31.1. The molecule has 1 aliphatic heterocycles. The van der Waals surface area contributed by atoms with E-state index in [1.54, 1.807) is 11.1 Å². The van der Waals surface area contributed by atoms with Crippen LogP contribution in [0, 0.1) is 29.1 Å². The fourth-order valence-electron chi connectivity index (χ4n) is 12.8. The predicted octanol–water partition coefficient (Wildman–Crippen LogP) is 13.0. The number of hydrogen-bond acceptors (Lipinski definition) is 2. The first-order valence-corrected chi connectivity index (χ1v) is 20.0. The number of nitrogens with zero attached hydrogens (tertiary/aromatic N) is 1. The molecule has 0 radical (unpaired) electrons. The second kappa shape index (κ2) is 9.97. The highest BCUT2D eigenvalue weighted by molar-refractivity contribution is 7.99. The van der Waals surface area contributed by atoms with Crippen LogP contribution in [-0.2, 0) is 16.2 Å². The van der Waals surface area contributed by atoms with Crippen molar-refractivity contribution >= 4 is 28.8 Å². The Morgan fingerprint density at radius 2 is 1.22 bits per heavy atom. The smallest absolute Gasteiger partial charge is 0.0473 e. The van der Waals surface area contributed by atoms with E-state index in [1.807, 2.05) is 11.8 Å². The number of para-hydroxylation sites is 1. The third-order valence-corrected chi connectivity index (χ3v) is 16.2. The molecule has 6 aliphatic rings. The summed E-state index contributed by atoms with van der Waals surface area (Å²) in [5, 5.41) is 0. The molecule has 1 heterocycles. The number of rotatable bonds is 4. The van der Waals surface area contributed by atoms with Crippen LogP contribution in [0.5, 0.6) is 0 Å². The van der Waals surface area contributed by atoms with Crippen LogP contribution in [0.3, 0.4) is 0 Å². The van der Waals surface area contributed by atoms with E-state index >= 15 is 0 Å². The summed E-state index contributed by atoms with van der Waals surface area (Å²) in [5.74, 6) is 3.49. The summed E-state index contributed by atoms with van der Waals surface area (Å²) in [6.07, 6.45) is 8.29. The Balaban J connectivity index is 1.08. The highest BCUT2D eigenvalue weighted by Crippen LogP contribution is 2.89. The lowest BCUT2D eigenvalue weighted by Gasteiger charge is -2.78. The van der Waals surface area contributed by atoms with Crippen LogP contribution in [0.2, 0.25) is 0 Å². The summed E-state index contributed by atoms with van der Waals surface area (Å²) in [6.45, 7) is 9.74. The monoisotopic (exact) mass is 669 g/mol. The molecule has 1 nitrogen and oxygen atoms in total. The second-order valence-corrected chi connectivity index (χ2v) is 19.2. The fraction of sp³-hybridized carbons (Fsp3) is 0.375.